The van der Waals surface area contributed by atoms with E-state index in [0.717, 1.165) is 18.7 Å². The van der Waals surface area contributed by atoms with E-state index in [1.165, 1.54) is 0 Å². The molecule has 0 aliphatic carbocycles. The van der Waals surface area contributed by atoms with E-state index < -0.39 is 6.04 Å². The Morgan fingerprint density at radius 2 is 2.26 bits per heavy atom. The van der Waals surface area contributed by atoms with Gasteiger partial charge < -0.3 is 14.4 Å². The molecule has 0 fully saturated rings. The van der Waals surface area contributed by atoms with Crippen LogP contribution in [0.15, 0.2) is 12.1 Å². The molecule has 1 aliphatic rings. The lowest BCUT2D eigenvalue weighted by atomic mass is 10.1. The number of hydrogen-bond acceptors (Lipinski definition) is 5. The monoisotopic (exact) mass is 281 g/mol. The van der Waals surface area contributed by atoms with Crippen molar-refractivity contribution in [3.8, 4) is 17.6 Å². The minimum absolute atomic E-state index is 0.170. The van der Waals surface area contributed by atoms with Gasteiger partial charge in [0.1, 0.15) is 6.04 Å². The molecule has 1 aromatic rings. The summed E-state index contributed by atoms with van der Waals surface area (Å²) in [6.45, 7) is 1.75. The van der Waals surface area contributed by atoms with Crippen LogP contribution in [0.5, 0.6) is 11.5 Å². The number of rotatable bonds is 5. The van der Waals surface area contributed by atoms with Gasteiger partial charge in [0.05, 0.1) is 11.1 Å². The summed E-state index contributed by atoms with van der Waals surface area (Å²) in [4.78, 5) is 2.05. The lowest BCUT2D eigenvalue weighted by molar-refractivity contribution is 0.174. The molecule has 6 heteroatoms. The molecule has 1 heterocycles. The standard InChI is InChI=1S/C13H16ClN3O2/c1-17(2)4-3-16-11(7-15)9-5-10(14)13-12(6-9)18-8-19-13/h5-6,11,16H,3-4,8H2,1-2H3. The van der Waals surface area contributed by atoms with Crippen molar-refractivity contribution >= 4 is 11.6 Å². The van der Waals surface area contributed by atoms with Crippen molar-refractivity contribution in [1.82, 2.24) is 10.2 Å². The quantitative estimate of drug-likeness (QED) is 0.892. The fraction of sp³-hybridized carbons (Fsp3) is 0.462. The second-order valence-corrected chi connectivity index (χ2v) is 4.96. The van der Waals surface area contributed by atoms with E-state index in [1.807, 2.05) is 19.0 Å². The average Bonchev–Trinajstić information content (AvgIpc) is 2.83. The van der Waals surface area contributed by atoms with Gasteiger partial charge in [-0.05, 0) is 31.8 Å². The van der Waals surface area contributed by atoms with Gasteiger partial charge in [0, 0.05) is 13.1 Å². The highest BCUT2D eigenvalue weighted by Gasteiger charge is 2.21. The molecule has 0 saturated heterocycles. The second kappa shape index (κ2) is 6.11. The molecule has 1 N–H and O–H groups in total. The van der Waals surface area contributed by atoms with Crippen LogP contribution >= 0.6 is 11.6 Å². The second-order valence-electron chi connectivity index (χ2n) is 4.56. The van der Waals surface area contributed by atoms with Crippen molar-refractivity contribution in [1.29, 1.82) is 5.26 Å². The van der Waals surface area contributed by atoms with Crippen LogP contribution in [0.2, 0.25) is 5.02 Å². The molecule has 102 valence electrons. The Bertz CT molecular complexity index is 499. The van der Waals surface area contributed by atoms with Gasteiger partial charge in [-0.25, -0.2) is 0 Å². The molecule has 2 rings (SSSR count). The van der Waals surface area contributed by atoms with Gasteiger partial charge >= 0.3 is 0 Å². The summed E-state index contributed by atoms with van der Waals surface area (Å²) >= 11 is 6.11. The number of benzene rings is 1. The van der Waals surface area contributed by atoms with Crippen molar-refractivity contribution in [3.05, 3.63) is 22.7 Å². The maximum Gasteiger partial charge on any atom is 0.231 e. The third-order valence-electron chi connectivity index (χ3n) is 2.82. The van der Waals surface area contributed by atoms with Gasteiger partial charge in [0.15, 0.2) is 11.5 Å². The molecule has 5 nitrogen and oxygen atoms in total. The molecule has 0 saturated carbocycles. The van der Waals surface area contributed by atoms with Gasteiger partial charge in [-0.15, -0.1) is 0 Å². The highest BCUT2D eigenvalue weighted by Crippen LogP contribution is 2.40. The number of nitriles is 1. The molecule has 0 bridgehead atoms. The van der Waals surface area contributed by atoms with E-state index >= 15 is 0 Å². The van der Waals surface area contributed by atoms with Crippen molar-refractivity contribution in [2.24, 2.45) is 0 Å². The Balaban J connectivity index is 2.11. The highest BCUT2D eigenvalue weighted by molar-refractivity contribution is 6.32. The molecule has 1 aromatic carbocycles. The number of nitrogens with one attached hydrogen (secondary N) is 1. The molecule has 19 heavy (non-hydrogen) atoms. The number of likely N-dealkylation sites (N-methyl/N-ethyl adjacent to an activating group) is 1. The lowest BCUT2D eigenvalue weighted by Crippen LogP contribution is -2.29. The van der Waals surface area contributed by atoms with Gasteiger partial charge in [0.2, 0.25) is 6.79 Å². The summed E-state index contributed by atoms with van der Waals surface area (Å²) in [5.74, 6) is 1.15. The van der Waals surface area contributed by atoms with Crippen molar-refractivity contribution < 1.29 is 9.47 Å². The summed E-state index contributed by atoms with van der Waals surface area (Å²) in [6.07, 6.45) is 0. The SMILES string of the molecule is CN(C)CCNC(C#N)c1cc(Cl)c2c(c1)OCO2. The molecule has 0 spiro atoms. The van der Waals surface area contributed by atoms with Crippen LogP contribution in [-0.2, 0) is 0 Å². The van der Waals surface area contributed by atoms with Crippen LogP contribution in [0.4, 0.5) is 0 Å². The minimum atomic E-state index is -0.410. The topological polar surface area (TPSA) is 57.5 Å². The van der Waals surface area contributed by atoms with Crippen molar-refractivity contribution in [3.63, 3.8) is 0 Å². The predicted molar refractivity (Wildman–Crippen MR) is 72.5 cm³/mol. The zero-order valence-corrected chi connectivity index (χ0v) is 11.7. The first-order chi connectivity index (χ1) is 9.11. The zero-order chi connectivity index (χ0) is 13.8. The van der Waals surface area contributed by atoms with Gasteiger partial charge in [0.25, 0.3) is 0 Å². The molecule has 0 amide bonds. The first-order valence-corrected chi connectivity index (χ1v) is 6.36. The lowest BCUT2D eigenvalue weighted by Gasteiger charge is -2.15. The number of fused-ring (bicyclic) bond motifs is 1. The Labute approximate surface area is 117 Å². The summed E-state index contributed by atoms with van der Waals surface area (Å²) in [5.41, 5.74) is 0.788. The predicted octanol–water partition coefficient (Wildman–Crippen LogP) is 1.78. The Morgan fingerprint density at radius 3 is 2.95 bits per heavy atom. The van der Waals surface area contributed by atoms with E-state index in [1.54, 1.807) is 12.1 Å². The first-order valence-electron chi connectivity index (χ1n) is 5.98. The number of hydrogen-bond donors (Lipinski definition) is 1. The third-order valence-corrected chi connectivity index (χ3v) is 3.10. The highest BCUT2D eigenvalue weighted by atomic mass is 35.5. The van der Waals surface area contributed by atoms with Crippen LogP contribution in [0, 0.1) is 11.3 Å². The van der Waals surface area contributed by atoms with Gasteiger partial charge in [-0.3, -0.25) is 5.32 Å². The number of nitrogens with zero attached hydrogens (tertiary/aromatic N) is 2. The third kappa shape index (κ3) is 3.29. The summed E-state index contributed by atoms with van der Waals surface area (Å²) in [5, 5.41) is 12.9. The molecule has 0 aromatic heterocycles. The first kappa shape index (κ1) is 13.9. The molecular weight excluding hydrogens is 266 g/mol. The van der Waals surface area contributed by atoms with Crippen LogP contribution in [0.3, 0.4) is 0 Å². The minimum Gasteiger partial charge on any atom is -0.454 e. The van der Waals surface area contributed by atoms with Gasteiger partial charge in [-0.2, -0.15) is 5.26 Å². The fourth-order valence-corrected chi connectivity index (χ4v) is 2.10. The Kier molecular flexibility index (Phi) is 4.48. The largest absolute Gasteiger partial charge is 0.454 e. The fourth-order valence-electron chi connectivity index (χ4n) is 1.82. The zero-order valence-electron chi connectivity index (χ0n) is 10.9. The van der Waals surface area contributed by atoms with Gasteiger partial charge in [-0.1, -0.05) is 11.6 Å². The number of halogens is 1. The Morgan fingerprint density at radius 1 is 1.47 bits per heavy atom. The van der Waals surface area contributed by atoms with E-state index in [0.29, 0.717) is 16.5 Å². The summed E-state index contributed by atoms with van der Waals surface area (Å²) in [7, 11) is 3.97. The summed E-state index contributed by atoms with van der Waals surface area (Å²) in [6, 6.07) is 5.35. The molecule has 1 aliphatic heterocycles. The average molecular weight is 282 g/mol. The van der Waals surface area contributed by atoms with Crippen LogP contribution < -0.4 is 14.8 Å². The maximum atomic E-state index is 9.24. The van der Waals surface area contributed by atoms with Crippen LogP contribution in [0.25, 0.3) is 0 Å². The molecule has 1 atom stereocenters. The maximum absolute atomic E-state index is 9.24. The van der Waals surface area contributed by atoms with E-state index in [4.69, 9.17) is 21.1 Å². The van der Waals surface area contributed by atoms with E-state index in [9.17, 15) is 5.26 Å². The molecular formula is C13H16ClN3O2. The normalized spacial score (nSPS) is 14.5. The summed E-state index contributed by atoms with van der Waals surface area (Å²) < 4.78 is 10.6. The molecule has 1 unspecified atom stereocenters. The Hall–Kier alpha value is -1.48. The van der Waals surface area contributed by atoms with E-state index in [2.05, 4.69) is 11.4 Å². The molecule has 0 radical (unpaired) electrons. The van der Waals surface area contributed by atoms with Crippen LogP contribution in [-0.4, -0.2) is 38.9 Å². The number of ether oxygens (including phenoxy) is 2. The smallest absolute Gasteiger partial charge is 0.231 e. The van der Waals surface area contributed by atoms with Crippen LogP contribution in [0.1, 0.15) is 11.6 Å². The van der Waals surface area contributed by atoms with Crippen molar-refractivity contribution in [2.75, 3.05) is 34.0 Å². The van der Waals surface area contributed by atoms with E-state index in [-0.39, 0.29) is 6.79 Å². The van der Waals surface area contributed by atoms with Crippen molar-refractivity contribution in [2.45, 2.75) is 6.04 Å².